The van der Waals surface area contributed by atoms with E-state index in [2.05, 4.69) is 283 Å². The zero-order chi connectivity index (χ0) is 47.6. The molecule has 1 aliphatic carbocycles. The molecule has 14 rings (SSSR count). The maximum Gasteiger partial charge on any atom is 0.159 e. The highest BCUT2D eigenvalue weighted by Gasteiger charge is 2.47. The second-order valence-electron chi connectivity index (χ2n) is 18.8. The maximum atomic E-state index is 6.65. The van der Waals surface area contributed by atoms with Crippen molar-refractivity contribution in [2.24, 2.45) is 0 Å². The standard InChI is InChI=1S/C69H46N2O/c1-5-22-50(23-6-1)69(51-24-7-2-8-25-51)63-45-56(70(52-26-9-3-10-27-52)55-41-36-47-20-13-14-21-49(47)44-55)42-43-61(63)67-59-32-16-15-30-57(59)62(46-64(67)69)48-37-39-54(40-38-48)71(53-28-11-4-12-29-53)65-34-19-33-60-58-31-17-18-35-66(58)72-68(60)65/h1-46H. The van der Waals surface area contributed by atoms with E-state index in [9.17, 15) is 0 Å². The van der Waals surface area contributed by atoms with Gasteiger partial charge in [0.15, 0.2) is 5.58 Å². The Labute approximate surface area is 418 Å². The Hall–Kier alpha value is -9.44. The smallest absolute Gasteiger partial charge is 0.159 e. The number of benzene rings is 12. The van der Waals surface area contributed by atoms with Crippen LogP contribution in [0.1, 0.15) is 22.3 Å². The SMILES string of the molecule is c1ccc(N(c2ccc3c(c2)C(c2ccccc2)(c2ccccc2)c2cc(-c4ccc(N(c5ccccc5)c5cccc6c5oc5ccccc56)cc4)c4ccccc4c2-3)c2ccc3ccccc3c2)cc1. The van der Waals surface area contributed by atoms with E-state index in [4.69, 9.17) is 4.42 Å². The van der Waals surface area contributed by atoms with Crippen LogP contribution in [0.15, 0.2) is 283 Å². The number of hydrogen-bond donors (Lipinski definition) is 0. The monoisotopic (exact) mass is 918 g/mol. The number of rotatable bonds is 9. The van der Waals surface area contributed by atoms with Gasteiger partial charge < -0.3 is 14.2 Å². The number of hydrogen-bond acceptors (Lipinski definition) is 3. The Morgan fingerprint density at radius 1 is 0.306 bits per heavy atom. The summed E-state index contributed by atoms with van der Waals surface area (Å²) in [5.74, 6) is 0. The van der Waals surface area contributed by atoms with Gasteiger partial charge >= 0.3 is 0 Å². The minimum Gasteiger partial charge on any atom is -0.454 e. The van der Waals surface area contributed by atoms with Crippen molar-refractivity contribution in [1.29, 1.82) is 0 Å². The largest absolute Gasteiger partial charge is 0.454 e. The number of anilines is 6. The molecule has 1 aliphatic rings. The average Bonchev–Trinajstić information content (AvgIpc) is 3.99. The van der Waals surface area contributed by atoms with Gasteiger partial charge in [-0.3, -0.25) is 0 Å². The second kappa shape index (κ2) is 16.9. The van der Waals surface area contributed by atoms with Gasteiger partial charge in [0.1, 0.15) is 5.58 Å². The Kier molecular flexibility index (Phi) is 9.75. The molecular weight excluding hydrogens is 873 g/mol. The summed E-state index contributed by atoms with van der Waals surface area (Å²) in [7, 11) is 0. The van der Waals surface area contributed by atoms with Gasteiger partial charge in [-0.15, -0.1) is 0 Å². The molecule has 1 aromatic heterocycles. The van der Waals surface area contributed by atoms with Crippen LogP contribution in [0, 0.1) is 0 Å². The highest BCUT2D eigenvalue weighted by Crippen LogP contribution is 2.60. The third-order valence-electron chi connectivity index (χ3n) is 14.9. The molecule has 1 heterocycles. The van der Waals surface area contributed by atoms with E-state index >= 15 is 0 Å². The summed E-state index contributed by atoms with van der Waals surface area (Å²) in [6.45, 7) is 0. The second-order valence-corrected chi connectivity index (χ2v) is 18.8. The average molecular weight is 919 g/mol. The topological polar surface area (TPSA) is 19.6 Å². The van der Waals surface area contributed by atoms with Crippen LogP contribution in [0.25, 0.3) is 65.7 Å². The third-order valence-corrected chi connectivity index (χ3v) is 14.9. The predicted octanol–water partition coefficient (Wildman–Crippen LogP) is 18.9. The van der Waals surface area contributed by atoms with Crippen LogP contribution in [-0.4, -0.2) is 0 Å². The lowest BCUT2D eigenvalue weighted by Crippen LogP contribution is -2.29. The highest BCUT2D eigenvalue weighted by atomic mass is 16.3. The summed E-state index contributed by atoms with van der Waals surface area (Å²) in [4.78, 5) is 4.73. The highest BCUT2D eigenvalue weighted by molar-refractivity contribution is 6.12. The molecule has 0 N–H and O–H groups in total. The molecule has 338 valence electrons. The minimum atomic E-state index is -0.664. The van der Waals surface area contributed by atoms with Crippen LogP contribution < -0.4 is 9.80 Å². The fraction of sp³-hybridized carbons (Fsp3) is 0.0145. The molecule has 0 saturated carbocycles. The van der Waals surface area contributed by atoms with Crippen LogP contribution in [-0.2, 0) is 5.41 Å². The van der Waals surface area contributed by atoms with Gasteiger partial charge in [-0.2, -0.15) is 0 Å². The lowest BCUT2D eigenvalue weighted by atomic mass is 9.67. The molecule has 72 heavy (non-hydrogen) atoms. The fourth-order valence-electron chi connectivity index (χ4n) is 11.8. The van der Waals surface area contributed by atoms with Gasteiger partial charge in [0.2, 0.25) is 0 Å². The van der Waals surface area contributed by atoms with Crippen LogP contribution in [0.2, 0.25) is 0 Å². The molecule has 3 heteroatoms. The first-order chi connectivity index (χ1) is 35.7. The normalized spacial score (nSPS) is 12.6. The lowest BCUT2D eigenvalue weighted by molar-refractivity contribution is 0.669. The summed E-state index contributed by atoms with van der Waals surface area (Å²) in [6.07, 6.45) is 0. The van der Waals surface area contributed by atoms with Crippen LogP contribution in [0.5, 0.6) is 0 Å². The summed E-state index contributed by atoms with van der Waals surface area (Å²) in [5.41, 5.74) is 17.3. The molecule has 0 spiro atoms. The number of fused-ring (bicyclic) bond motifs is 9. The van der Waals surface area contributed by atoms with E-state index in [1.165, 1.54) is 60.5 Å². The molecule has 0 saturated heterocycles. The zero-order valence-corrected chi connectivity index (χ0v) is 39.4. The van der Waals surface area contributed by atoms with Gasteiger partial charge in [0.25, 0.3) is 0 Å². The van der Waals surface area contributed by atoms with Crippen molar-refractivity contribution in [3.8, 4) is 22.3 Å². The third kappa shape index (κ3) is 6.52. The van der Waals surface area contributed by atoms with E-state index in [0.29, 0.717) is 0 Å². The van der Waals surface area contributed by atoms with Crippen molar-refractivity contribution >= 4 is 77.6 Å². The first kappa shape index (κ1) is 41.5. The number of para-hydroxylation sites is 4. The van der Waals surface area contributed by atoms with Gasteiger partial charge in [-0.05, 0) is 145 Å². The van der Waals surface area contributed by atoms with Gasteiger partial charge in [0, 0.05) is 39.2 Å². The van der Waals surface area contributed by atoms with Crippen molar-refractivity contribution in [2.45, 2.75) is 5.41 Å². The molecule has 0 unspecified atom stereocenters. The maximum absolute atomic E-state index is 6.65. The van der Waals surface area contributed by atoms with E-state index in [0.717, 1.165) is 61.6 Å². The van der Waals surface area contributed by atoms with E-state index < -0.39 is 5.41 Å². The molecule has 0 radical (unpaired) electrons. The van der Waals surface area contributed by atoms with E-state index in [-0.39, 0.29) is 0 Å². The molecule has 0 aliphatic heterocycles. The van der Waals surface area contributed by atoms with Crippen molar-refractivity contribution < 1.29 is 4.42 Å². The fourth-order valence-corrected chi connectivity index (χ4v) is 11.8. The van der Waals surface area contributed by atoms with E-state index in [1.807, 2.05) is 6.07 Å². The zero-order valence-electron chi connectivity index (χ0n) is 39.4. The van der Waals surface area contributed by atoms with E-state index in [1.54, 1.807) is 0 Å². The molecule has 0 amide bonds. The molecular formula is C69H46N2O. The van der Waals surface area contributed by atoms with Crippen molar-refractivity contribution in [2.75, 3.05) is 9.80 Å². The molecule has 13 aromatic rings. The van der Waals surface area contributed by atoms with Crippen molar-refractivity contribution in [1.82, 2.24) is 0 Å². The molecule has 0 atom stereocenters. The quantitative estimate of drug-likeness (QED) is 0.144. The number of furan rings is 1. The minimum absolute atomic E-state index is 0.664. The van der Waals surface area contributed by atoms with Gasteiger partial charge in [-0.25, -0.2) is 0 Å². The van der Waals surface area contributed by atoms with Gasteiger partial charge in [-0.1, -0.05) is 200 Å². The Morgan fingerprint density at radius 3 is 1.54 bits per heavy atom. The first-order valence-corrected chi connectivity index (χ1v) is 24.7. The van der Waals surface area contributed by atoms with Crippen LogP contribution >= 0.6 is 0 Å². The van der Waals surface area contributed by atoms with Crippen LogP contribution in [0.4, 0.5) is 34.1 Å². The summed E-state index contributed by atoms with van der Waals surface area (Å²) >= 11 is 0. The summed E-state index contributed by atoms with van der Waals surface area (Å²) in [6, 6.07) is 102. The molecule has 3 nitrogen and oxygen atoms in total. The lowest BCUT2D eigenvalue weighted by Gasteiger charge is -2.35. The van der Waals surface area contributed by atoms with Crippen LogP contribution in [0.3, 0.4) is 0 Å². The number of nitrogens with zero attached hydrogens (tertiary/aromatic N) is 2. The Bertz CT molecular complexity index is 4110. The Morgan fingerprint density at radius 2 is 0.833 bits per heavy atom. The van der Waals surface area contributed by atoms with Gasteiger partial charge in [0.05, 0.1) is 11.1 Å². The summed E-state index contributed by atoms with van der Waals surface area (Å²) in [5, 5.41) is 7.08. The molecule has 12 aromatic carbocycles. The first-order valence-electron chi connectivity index (χ1n) is 24.7. The molecule has 0 fully saturated rings. The van der Waals surface area contributed by atoms with Crippen molar-refractivity contribution in [3.05, 3.63) is 301 Å². The molecule has 0 bridgehead atoms. The summed E-state index contributed by atoms with van der Waals surface area (Å²) < 4.78 is 6.65. The predicted molar refractivity (Wildman–Crippen MR) is 301 cm³/mol. The van der Waals surface area contributed by atoms with Crippen molar-refractivity contribution in [3.63, 3.8) is 0 Å². The Balaban J connectivity index is 0.986.